The molecule has 0 fully saturated rings. The first kappa shape index (κ1) is 17.6. The summed E-state index contributed by atoms with van der Waals surface area (Å²) in [6, 6.07) is 15.9. The lowest BCUT2D eigenvalue weighted by atomic mass is 9.82. The van der Waals surface area contributed by atoms with E-state index >= 15 is 0 Å². The number of rotatable bonds is 3. The van der Waals surface area contributed by atoms with Gasteiger partial charge < -0.3 is 4.74 Å². The standard InChI is InChI=1S/C23H20N4O2/c1-14-4-3-5-16(10-14)17-11-20-19(21(28)12-17)13-27-23(24-20)25-22(26-27)15-6-8-18(29-2)9-7-15/h3-10,13,17H,11-12H2,1-2H3. The Bertz CT molecular complexity index is 1230. The van der Waals surface area contributed by atoms with Crippen molar-refractivity contribution in [2.24, 2.45) is 0 Å². The van der Waals surface area contributed by atoms with Crippen LogP contribution in [0.25, 0.3) is 17.2 Å². The zero-order valence-electron chi connectivity index (χ0n) is 16.3. The molecule has 6 heteroatoms. The van der Waals surface area contributed by atoms with E-state index in [-0.39, 0.29) is 11.7 Å². The molecule has 1 unspecified atom stereocenters. The second kappa shape index (κ2) is 6.81. The fourth-order valence-electron chi connectivity index (χ4n) is 3.91. The van der Waals surface area contributed by atoms with E-state index in [1.807, 2.05) is 30.3 Å². The molecule has 0 saturated carbocycles. The third-order valence-electron chi connectivity index (χ3n) is 5.44. The molecule has 0 radical (unpaired) electrons. The third-order valence-corrected chi connectivity index (χ3v) is 5.44. The first-order valence-electron chi connectivity index (χ1n) is 9.61. The quantitative estimate of drug-likeness (QED) is 0.534. The van der Waals surface area contributed by atoms with Crippen molar-refractivity contribution in [2.45, 2.75) is 25.7 Å². The molecule has 2 aromatic carbocycles. The zero-order chi connectivity index (χ0) is 20.0. The molecule has 29 heavy (non-hydrogen) atoms. The molecular weight excluding hydrogens is 364 g/mol. The number of Topliss-reactive ketones (excluding diaryl/α,β-unsaturated/α-hetero) is 1. The van der Waals surface area contributed by atoms with Gasteiger partial charge in [-0.25, -0.2) is 9.50 Å². The minimum Gasteiger partial charge on any atom is -0.497 e. The van der Waals surface area contributed by atoms with Crippen LogP contribution >= 0.6 is 0 Å². The van der Waals surface area contributed by atoms with Gasteiger partial charge in [0.25, 0.3) is 5.78 Å². The van der Waals surface area contributed by atoms with Gasteiger partial charge in [0.15, 0.2) is 11.6 Å². The normalized spacial score (nSPS) is 16.1. The molecule has 2 aromatic heterocycles. The molecule has 0 N–H and O–H groups in total. The van der Waals surface area contributed by atoms with E-state index in [9.17, 15) is 4.79 Å². The van der Waals surface area contributed by atoms with E-state index in [0.717, 1.165) is 23.4 Å². The lowest BCUT2D eigenvalue weighted by Gasteiger charge is -2.23. The van der Waals surface area contributed by atoms with Crippen molar-refractivity contribution in [3.05, 3.63) is 77.1 Å². The molecule has 2 heterocycles. The number of fused-ring (bicyclic) bond motifs is 2. The second-order valence-electron chi connectivity index (χ2n) is 7.45. The summed E-state index contributed by atoms with van der Waals surface area (Å²) in [6.45, 7) is 2.07. The summed E-state index contributed by atoms with van der Waals surface area (Å²) in [4.78, 5) is 22.1. The van der Waals surface area contributed by atoms with Crippen LogP contribution in [0.5, 0.6) is 5.75 Å². The Hall–Kier alpha value is -3.54. The molecule has 4 aromatic rings. The van der Waals surface area contributed by atoms with Gasteiger partial charge in [-0.3, -0.25) is 4.79 Å². The smallest absolute Gasteiger partial charge is 0.252 e. The van der Waals surface area contributed by atoms with Crippen LogP contribution in [0, 0.1) is 6.92 Å². The van der Waals surface area contributed by atoms with Gasteiger partial charge in [0.2, 0.25) is 0 Å². The fourth-order valence-corrected chi connectivity index (χ4v) is 3.91. The molecule has 5 rings (SSSR count). The highest BCUT2D eigenvalue weighted by molar-refractivity contribution is 5.98. The topological polar surface area (TPSA) is 69.4 Å². The monoisotopic (exact) mass is 384 g/mol. The van der Waals surface area contributed by atoms with Crippen molar-refractivity contribution in [1.82, 2.24) is 19.6 Å². The van der Waals surface area contributed by atoms with Crippen molar-refractivity contribution in [2.75, 3.05) is 7.11 Å². The highest BCUT2D eigenvalue weighted by Crippen LogP contribution is 2.32. The van der Waals surface area contributed by atoms with E-state index in [2.05, 4.69) is 40.2 Å². The Balaban J connectivity index is 1.52. The minimum atomic E-state index is 0.105. The van der Waals surface area contributed by atoms with Crippen molar-refractivity contribution >= 4 is 11.6 Å². The summed E-state index contributed by atoms with van der Waals surface area (Å²) in [7, 11) is 1.63. The predicted molar refractivity (Wildman–Crippen MR) is 109 cm³/mol. The first-order chi connectivity index (χ1) is 14.1. The average molecular weight is 384 g/mol. The van der Waals surface area contributed by atoms with E-state index in [1.165, 1.54) is 11.1 Å². The first-order valence-corrected chi connectivity index (χ1v) is 9.61. The number of methoxy groups -OCH3 is 1. The number of benzene rings is 2. The highest BCUT2D eigenvalue weighted by Gasteiger charge is 2.28. The predicted octanol–water partition coefficient (Wildman–Crippen LogP) is 4.02. The van der Waals surface area contributed by atoms with E-state index in [0.29, 0.717) is 23.6 Å². The largest absolute Gasteiger partial charge is 0.497 e. The minimum absolute atomic E-state index is 0.105. The number of ketones is 1. The number of carbonyl (C=O) groups is 1. The number of nitrogens with zero attached hydrogens (tertiary/aromatic N) is 4. The summed E-state index contributed by atoms with van der Waals surface area (Å²) >= 11 is 0. The van der Waals surface area contributed by atoms with E-state index in [4.69, 9.17) is 4.74 Å². The van der Waals surface area contributed by atoms with Crippen LogP contribution in [0.3, 0.4) is 0 Å². The third kappa shape index (κ3) is 3.16. The van der Waals surface area contributed by atoms with Gasteiger partial charge in [0.1, 0.15) is 5.75 Å². The molecule has 1 aliphatic carbocycles. The molecule has 0 bridgehead atoms. The fraction of sp³-hybridized carbons (Fsp3) is 0.217. The summed E-state index contributed by atoms with van der Waals surface area (Å²) in [5, 5.41) is 4.52. The Morgan fingerprint density at radius 2 is 1.90 bits per heavy atom. The van der Waals surface area contributed by atoms with Crippen LogP contribution in [-0.4, -0.2) is 32.5 Å². The van der Waals surface area contributed by atoms with Gasteiger partial charge in [-0.1, -0.05) is 29.8 Å². The van der Waals surface area contributed by atoms with E-state index in [1.54, 1.807) is 17.8 Å². The second-order valence-corrected chi connectivity index (χ2v) is 7.45. The number of carbonyl (C=O) groups excluding carboxylic acids is 1. The highest BCUT2D eigenvalue weighted by atomic mass is 16.5. The molecule has 6 nitrogen and oxygen atoms in total. The number of aryl methyl sites for hydroxylation is 1. The van der Waals surface area contributed by atoms with Crippen LogP contribution in [0.15, 0.2) is 54.7 Å². The van der Waals surface area contributed by atoms with E-state index < -0.39 is 0 Å². The Morgan fingerprint density at radius 1 is 1.07 bits per heavy atom. The summed E-state index contributed by atoms with van der Waals surface area (Å²) in [6.07, 6.45) is 2.99. The molecule has 0 saturated heterocycles. The van der Waals surface area contributed by atoms with Crippen LogP contribution < -0.4 is 4.74 Å². The molecule has 0 aliphatic heterocycles. The van der Waals surface area contributed by atoms with Gasteiger partial charge in [-0.2, -0.15) is 4.98 Å². The molecule has 1 aliphatic rings. The van der Waals surface area contributed by atoms with Crippen LogP contribution in [-0.2, 0) is 6.42 Å². The molecule has 0 amide bonds. The van der Waals surface area contributed by atoms with Gasteiger partial charge >= 0.3 is 0 Å². The van der Waals surface area contributed by atoms with Crippen molar-refractivity contribution in [3.63, 3.8) is 0 Å². The average Bonchev–Trinajstić information content (AvgIpc) is 3.15. The number of ether oxygens (including phenoxy) is 1. The lowest BCUT2D eigenvalue weighted by molar-refractivity contribution is 0.0962. The SMILES string of the molecule is COc1ccc(-c2nc3nc4c(cn3n2)C(=O)CC(c2cccc(C)c2)C4)cc1. The lowest BCUT2D eigenvalue weighted by Crippen LogP contribution is -2.21. The summed E-state index contributed by atoms with van der Waals surface area (Å²) < 4.78 is 6.80. The van der Waals surface area contributed by atoms with Crippen molar-refractivity contribution < 1.29 is 9.53 Å². The Morgan fingerprint density at radius 3 is 2.66 bits per heavy atom. The number of hydrogen-bond donors (Lipinski definition) is 0. The molecule has 144 valence electrons. The van der Waals surface area contributed by atoms with Crippen molar-refractivity contribution in [3.8, 4) is 17.1 Å². The van der Waals surface area contributed by atoms with Crippen LogP contribution in [0.4, 0.5) is 0 Å². The number of aromatic nitrogens is 4. The van der Waals surface area contributed by atoms with Gasteiger partial charge in [-0.05, 0) is 49.1 Å². The van der Waals surface area contributed by atoms with Crippen LogP contribution in [0.1, 0.15) is 39.5 Å². The maximum atomic E-state index is 12.8. The molecular formula is C23H20N4O2. The summed E-state index contributed by atoms with van der Waals surface area (Å²) in [5.41, 5.74) is 4.71. The van der Waals surface area contributed by atoms with Gasteiger partial charge in [-0.15, -0.1) is 5.10 Å². The zero-order valence-corrected chi connectivity index (χ0v) is 16.3. The van der Waals surface area contributed by atoms with Crippen molar-refractivity contribution in [1.29, 1.82) is 0 Å². The summed E-state index contributed by atoms with van der Waals surface area (Å²) in [5.74, 6) is 2.11. The van der Waals surface area contributed by atoms with Gasteiger partial charge in [0, 0.05) is 18.2 Å². The van der Waals surface area contributed by atoms with Crippen LogP contribution in [0.2, 0.25) is 0 Å². The van der Waals surface area contributed by atoms with Gasteiger partial charge in [0.05, 0.1) is 18.4 Å². The molecule has 1 atom stereocenters. The molecule has 0 spiro atoms. The maximum absolute atomic E-state index is 12.8. The Labute approximate surface area is 168 Å². The Kier molecular flexibility index (Phi) is 4.12. The maximum Gasteiger partial charge on any atom is 0.252 e. The number of hydrogen-bond acceptors (Lipinski definition) is 5.